The summed E-state index contributed by atoms with van der Waals surface area (Å²) >= 11 is 0. The summed E-state index contributed by atoms with van der Waals surface area (Å²) in [6.45, 7) is 0.375. The Balaban J connectivity index is 1.55. The Bertz CT molecular complexity index is 1080. The van der Waals surface area contributed by atoms with Gasteiger partial charge in [0.25, 0.3) is 0 Å². The second-order valence-corrected chi connectivity index (χ2v) is 7.19. The average Bonchev–Trinajstić information content (AvgIpc) is 3.54. The van der Waals surface area contributed by atoms with Gasteiger partial charge in [0.15, 0.2) is 0 Å². The van der Waals surface area contributed by atoms with Gasteiger partial charge in [-0.25, -0.2) is 5.48 Å². The SMILES string of the molecule is COC(=O)[C@]1(c2cccc(OCc3ccc4ccccc4c3)c2)C[C@H]1C(=O)NO. The van der Waals surface area contributed by atoms with E-state index in [1.807, 2.05) is 18.2 Å². The number of carbonyl (C=O) groups excluding carboxylic acids is 2. The van der Waals surface area contributed by atoms with Crippen LogP contribution in [0.25, 0.3) is 10.8 Å². The number of benzene rings is 3. The van der Waals surface area contributed by atoms with Crippen molar-refractivity contribution in [2.24, 2.45) is 5.92 Å². The lowest BCUT2D eigenvalue weighted by atomic mass is 9.92. The van der Waals surface area contributed by atoms with Gasteiger partial charge in [0.2, 0.25) is 5.91 Å². The maximum absolute atomic E-state index is 12.4. The summed E-state index contributed by atoms with van der Waals surface area (Å²) in [6.07, 6.45) is 0.278. The third-order valence-corrected chi connectivity index (χ3v) is 5.51. The molecule has 148 valence electrons. The van der Waals surface area contributed by atoms with E-state index in [1.54, 1.807) is 29.7 Å². The lowest BCUT2D eigenvalue weighted by molar-refractivity contribution is -0.146. The predicted molar refractivity (Wildman–Crippen MR) is 106 cm³/mol. The maximum Gasteiger partial charge on any atom is 0.317 e. The fourth-order valence-corrected chi connectivity index (χ4v) is 3.86. The zero-order valence-electron chi connectivity index (χ0n) is 15.9. The zero-order chi connectivity index (χ0) is 20.4. The Hall–Kier alpha value is -3.38. The molecule has 1 fully saturated rings. The van der Waals surface area contributed by atoms with Crippen molar-refractivity contribution >= 4 is 22.6 Å². The number of hydrogen-bond acceptors (Lipinski definition) is 5. The van der Waals surface area contributed by atoms with E-state index in [9.17, 15) is 9.59 Å². The molecule has 0 aliphatic heterocycles. The van der Waals surface area contributed by atoms with Crippen molar-refractivity contribution in [3.8, 4) is 5.75 Å². The second kappa shape index (κ2) is 7.56. The third-order valence-electron chi connectivity index (χ3n) is 5.51. The standard InChI is InChI=1S/C23H21NO5/c1-28-22(26)23(13-20(23)21(25)24-27)18-7-4-8-19(12-18)29-14-15-9-10-16-5-2-3-6-17(16)11-15/h2-12,20,27H,13-14H2,1H3,(H,24,25)/t20-,23-/m0/s1. The number of ether oxygens (including phenoxy) is 2. The molecule has 0 radical (unpaired) electrons. The number of amides is 1. The number of hydrogen-bond donors (Lipinski definition) is 2. The molecule has 1 aliphatic carbocycles. The van der Waals surface area contributed by atoms with Crippen LogP contribution in [-0.4, -0.2) is 24.2 Å². The van der Waals surface area contributed by atoms with Crippen molar-refractivity contribution < 1.29 is 24.3 Å². The number of fused-ring (bicyclic) bond motifs is 1. The monoisotopic (exact) mass is 391 g/mol. The van der Waals surface area contributed by atoms with E-state index in [0.717, 1.165) is 10.9 Å². The van der Waals surface area contributed by atoms with Gasteiger partial charge in [-0.2, -0.15) is 0 Å². The summed E-state index contributed by atoms with van der Waals surface area (Å²) in [4.78, 5) is 24.3. The summed E-state index contributed by atoms with van der Waals surface area (Å²) in [5.74, 6) is -1.18. The van der Waals surface area contributed by atoms with Crippen molar-refractivity contribution in [3.05, 3.63) is 77.9 Å². The summed E-state index contributed by atoms with van der Waals surface area (Å²) in [6, 6.07) is 21.4. The maximum atomic E-state index is 12.4. The molecule has 1 aliphatic rings. The van der Waals surface area contributed by atoms with Crippen molar-refractivity contribution in [1.29, 1.82) is 0 Å². The van der Waals surface area contributed by atoms with Gasteiger partial charge in [0.05, 0.1) is 13.0 Å². The molecular weight excluding hydrogens is 370 g/mol. The molecule has 6 nitrogen and oxygen atoms in total. The normalized spacial score (nSPS) is 20.1. The second-order valence-electron chi connectivity index (χ2n) is 7.19. The largest absolute Gasteiger partial charge is 0.489 e. The molecule has 0 saturated heterocycles. The highest BCUT2D eigenvalue weighted by Gasteiger charge is 2.65. The fraction of sp³-hybridized carbons (Fsp3) is 0.217. The first kappa shape index (κ1) is 19.0. The van der Waals surface area contributed by atoms with Gasteiger partial charge < -0.3 is 9.47 Å². The molecule has 2 N–H and O–H groups in total. The van der Waals surface area contributed by atoms with Crippen molar-refractivity contribution in [1.82, 2.24) is 5.48 Å². The van der Waals surface area contributed by atoms with E-state index < -0.39 is 23.2 Å². The van der Waals surface area contributed by atoms with E-state index in [0.29, 0.717) is 17.9 Å². The minimum atomic E-state index is -1.09. The molecule has 0 bridgehead atoms. The minimum Gasteiger partial charge on any atom is -0.489 e. The Morgan fingerprint density at radius 1 is 1.07 bits per heavy atom. The van der Waals surface area contributed by atoms with Gasteiger partial charge in [-0.15, -0.1) is 0 Å². The first-order chi connectivity index (χ1) is 14.1. The molecule has 3 aromatic rings. The zero-order valence-corrected chi connectivity index (χ0v) is 15.9. The van der Waals surface area contributed by atoms with Gasteiger partial charge in [-0.05, 0) is 46.5 Å². The molecule has 0 unspecified atom stereocenters. The predicted octanol–water partition coefficient (Wildman–Crippen LogP) is 3.35. The van der Waals surface area contributed by atoms with E-state index in [4.69, 9.17) is 14.7 Å². The highest BCUT2D eigenvalue weighted by Crippen LogP contribution is 2.55. The number of rotatable bonds is 6. The Kier molecular flexibility index (Phi) is 4.94. The van der Waals surface area contributed by atoms with Crippen LogP contribution in [0.2, 0.25) is 0 Å². The van der Waals surface area contributed by atoms with Crippen LogP contribution >= 0.6 is 0 Å². The van der Waals surface area contributed by atoms with Crippen LogP contribution in [0.5, 0.6) is 5.75 Å². The fourth-order valence-electron chi connectivity index (χ4n) is 3.86. The number of nitrogens with one attached hydrogen (secondary N) is 1. The molecule has 1 amide bonds. The van der Waals surface area contributed by atoms with E-state index in [2.05, 4.69) is 24.3 Å². The molecule has 3 aromatic carbocycles. The van der Waals surface area contributed by atoms with Crippen molar-refractivity contribution in [2.45, 2.75) is 18.4 Å². The van der Waals surface area contributed by atoms with Gasteiger partial charge in [-0.1, -0.05) is 48.5 Å². The molecule has 2 atom stereocenters. The number of methoxy groups -OCH3 is 1. The lowest BCUT2D eigenvalue weighted by Crippen LogP contribution is -2.31. The van der Waals surface area contributed by atoms with Gasteiger partial charge in [0.1, 0.15) is 17.8 Å². The number of hydroxylamine groups is 1. The molecule has 4 rings (SSSR count). The minimum absolute atomic E-state index is 0.278. The van der Waals surface area contributed by atoms with Crippen LogP contribution < -0.4 is 10.2 Å². The Labute approximate surface area is 168 Å². The van der Waals surface area contributed by atoms with Gasteiger partial charge in [0, 0.05) is 0 Å². The molecule has 29 heavy (non-hydrogen) atoms. The average molecular weight is 391 g/mol. The first-order valence-electron chi connectivity index (χ1n) is 9.32. The molecule has 6 heteroatoms. The smallest absolute Gasteiger partial charge is 0.317 e. The van der Waals surface area contributed by atoms with Crippen LogP contribution in [0, 0.1) is 5.92 Å². The summed E-state index contributed by atoms with van der Waals surface area (Å²) in [7, 11) is 1.29. The van der Waals surface area contributed by atoms with Crippen LogP contribution in [0.4, 0.5) is 0 Å². The summed E-state index contributed by atoms with van der Waals surface area (Å²) < 4.78 is 10.9. The topological polar surface area (TPSA) is 84.9 Å². The number of esters is 1. The Morgan fingerprint density at radius 2 is 1.86 bits per heavy atom. The lowest BCUT2D eigenvalue weighted by Gasteiger charge is -2.16. The van der Waals surface area contributed by atoms with E-state index >= 15 is 0 Å². The van der Waals surface area contributed by atoms with Crippen LogP contribution in [-0.2, 0) is 26.3 Å². The summed E-state index contributed by atoms with van der Waals surface area (Å²) in [5.41, 5.74) is 2.20. The molecular formula is C23H21NO5. The van der Waals surface area contributed by atoms with Crippen LogP contribution in [0.3, 0.4) is 0 Å². The van der Waals surface area contributed by atoms with E-state index in [1.165, 1.54) is 12.5 Å². The molecule has 1 saturated carbocycles. The highest BCUT2D eigenvalue weighted by atomic mass is 16.5. The Morgan fingerprint density at radius 3 is 2.62 bits per heavy atom. The van der Waals surface area contributed by atoms with Gasteiger partial charge in [-0.3, -0.25) is 14.8 Å². The molecule has 0 spiro atoms. The summed E-state index contributed by atoms with van der Waals surface area (Å²) in [5, 5.41) is 11.3. The van der Waals surface area contributed by atoms with Gasteiger partial charge >= 0.3 is 5.97 Å². The van der Waals surface area contributed by atoms with Crippen LogP contribution in [0.15, 0.2) is 66.7 Å². The third kappa shape index (κ3) is 3.43. The quantitative estimate of drug-likeness (QED) is 0.382. The van der Waals surface area contributed by atoms with Crippen molar-refractivity contribution in [3.63, 3.8) is 0 Å². The van der Waals surface area contributed by atoms with Crippen LogP contribution in [0.1, 0.15) is 17.5 Å². The highest BCUT2D eigenvalue weighted by molar-refractivity contribution is 5.97. The number of carbonyl (C=O) groups is 2. The molecule has 0 aromatic heterocycles. The van der Waals surface area contributed by atoms with Crippen molar-refractivity contribution in [2.75, 3.05) is 7.11 Å². The van der Waals surface area contributed by atoms with E-state index in [-0.39, 0.29) is 6.42 Å². The first-order valence-corrected chi connectivity index (χ1v) is 9.32. The molecule has 0 heterocycles.